The fraction of sp³-hybridized carbons (Fsp3) is 0.500. The maximum Gasteiger partial charge on any atom is 0.136 e. The predicted octanol–water partition coefficient (Wildman–Crippen LogP) is 3.68. The summed E-state index contributed by atoms with van der Waals surface area (Å²) in [6, 6.07) is 8.36. The van der Waals surface area contributed by atoms with Crippen molar-refractivity contribution < 1.29 is 4.79 Å². The number of ketones is 1. The lowest BCUT2D eigenvalue weighted by molar-refractivity contribution is -0.118. The SMILES string of the molecule is CC(=O)C(C)c1ccc(C(C)(C)C)cc1. The summed E-state index contributed by atoms with van der Waals surface area (Å²) in [5.41, 5.74) is 2.59. The van der Waals surface area contributed by atoms with Crippen LogP contribution in [0.5, 0.6) is 0 Å². The van der Waals surface area contributed by atoms with E-state index in [4.69, 9.17) is 0 Å². The molecule has 1 heteroatoms. The summed E-state index contributed by atoms with van der Waals surface area (Å²) in [5.74, 6) is 0.234. The number of benzene rings is 1. The zero-order valence-corrected chi connectivity index (χ0v) is 10.3. The van der Waals surface area contributed by atoms with Crippen molar-refractivity contribution in [1.29, 1.82) is 0 Å². The van der Waals surface area contributed by atoms with Crippen LogP contribution in [0, 0.1) is 0 Å². The second kappa shape index (κ2) is 4.18. The Balaban J connectivity index is 2.95. The Morgan fingerprint density at radius 3 is 1.93 bits per heavy atom. The Labute approximate surface area is 92.5 Å². The maximum atomic E-state index is 11.2. The summed E-state index contributed by atoms with van der Waals surface area (Å²) in [6.45, 7) is 10.2. The van der Waals surface area contributed by atoms with Crippen molar-refractivity contribution in [2.45, 2.75) is 46.0 Å². The van der Waals surface area contributed by atoms with E-state index in [0.29, 0.717) is 0 Å². The lowest BCUT2D eigenvalue weighted by Gasteiger charge is -2.19. The van der Waals surface area contributed by atoms with E-state index in [-0.39, 0.29) is 17.1 Å². The number of Topliss-reactive ketones (excluding diaryl/α,β-unsaturated/α-hetero) is 1. The van der Waals surface area contributed by atoms with Gasteiger partial charge in [0.05, 0.1) is 0 Å². The predicted molar refractivity (Wildman–Crippen MR) is 64.2 cm³/mol. The molecule has 0 aliphatic carbocycles. The highest BCUT2D eigenvalue weighted by molar-refractivity contribution is 5.82. The van der Waals surface area contributed by atoms with Crippen LogP contribution in [0.2, 0.25) is 0 Å². The first kappa shape index (κ1) is 12.0. The first-order chi connectivity index (χ1) is 6.82. The summed E-state index contributed by atoms with van der Waals surface area (Å²) in [5, 5.41) is 0. The molecule has 0 N–H and O–H groups in total. The number of rotatable bonds is 2. The molecule has 0 bridgehead atoms. The van der Waals surface area contributed by atoms with Gasteiger partial charge >= 0.3 is 0 Å². The third-order valence-electron chi connectivity index (χ3n) is 2.89. The zero-order valence-electron chi connectivity index (χ0n) is 10.3. The lowest BCUT2D eigenvalue weighted by Crippen LogP contribution is -2.11. The van der Waals surface area contributed by atoms with Gasteiger partial charge in [-0.2, -0.15) is 0 Å². The molecule has 0 aliphatic rings. The van der Waals surface area contributed by atoms with Crippen molar-refractivity contribution in [3.05, 3.63) is 35.4 Å². The van der Waals surface area contributed by atoms with Crippen LogP contribution < -0.4 is 0 Å². The van der Waals surface area contributed by atoms with Gasteiger partial charge < -0.3 is 0 Å². The van der Waals surface area contributed by atoms with Gasteiger partial charge in [0, 0.05) is 5.92 Å². The van der Waals surface area contributed by atoms with Gasteiger partial charge in [-0.15, -0.1) is 0 Å². The molecule has 0 heterocycles. The Hall–Kier alpha value is -1.11. The quantitative estimate of drug-likeness (QED) is 0.718. The average molecular weight is 204 g/mol. The van der Waals surface area contributed by atoms with E-state index in [1.54, 1.807) is 6.92 Å². The Morgan fingerprint density at radius 1 is 1.13 bits per heavy atom. The highest BCUT2D eigenvalue weighted by Crippen LogP contribution is 2.24. The molecule has 0 saturated heterocycles. The molecule has 0 amide bonds. The van der Waals surface area contributed by atoms with Crippen LogP contribution in [0.3, 0.4) is 0 Å². The van der Waals surface area contributed by atoms with Crippen LogP contribution in [0.1, 0.15) is 51.7 Å². The van der Waals surface area contributed by atoms with Crippen LogP contribution in [0.4, 0.5) is 0 Å². The second-order valence-corrected chi connectivity index (χ2v) is 5.20. The van der Waals surface area contributed by atoms with Crippen molar-refractivity contribution in [2.75, 3.05) is 0 Å². The number of hydrogen-bond acceptors (Lipinski definition) is 1. The van der Waals surface area contributed by atoms with Gasteiger partial charge in [0.15, 0.2) is 0 Å². The average Bonchev–Trinajstić information content (AvgIpc) is 2.15. The van der Waals surface area contributed by atoms with E-state index in [0.717, 1.165) is 5.56 Å². The Morgan fingerprint density at radius 2 is 1.60 bits per heavy atom. The topological polar surface area (TPSA) is 17.1 Å². The van der Waals surface area contributed by atoms with Crippen molar-refractivity contribution in [3.63, 3.8) is 0 Å². The van der Waals surface area contributed by atoms with Gasteiger partial charge in [-0.25, -0.2) is 0 Å². The van der Waals surface area contributed by atoms with Crippen LogP contribution in [-0.4, -0.2) is 5.78 Å². The minimum Gasteiger partial charge on any atom is -0.299 e. The molecule has 1 nitrogen and oxygen atoms in total. The van der Waals surface area contributed by atoms with Crippen molar-refractivity contribution in [1.82, 2.24) is 0 Å². The summed E-state index contributed by atoms with van der Waals surface area (Å²) in [7, 11) is 0. The Bertz CT molecular complexity index is 341. The second-order valence-electron chi connectivity index (χ2n) is 5.20. The molecule has 0 aliphatic heterocycles. The van der Waals surface area contributed by atoms with Gasteiger partial charge in [-0.05, 0) is 23.5 Å². The normalized spacial score (nSPS) is 13.7. The van der Waals surface area contributed by atoms with Gasteiger partial charge in [0.2, 0.25) is 0 Å². The highest BCUT2D eigenvalue weighted by Gasteiger charge is 2.15. The largest absolute Gasteiger partial charge is 0.299 e. The van der Waals surface area contributed by atoms with Crippen LogP contribution in [0.25, 0.3) is 0 Å². The minimum atomic E-state index is 0.0130. The van der Waals surface area contributed by atoms with Crippen LogP contribution in [-0.2, 0) is 10.2 Å². The van der Waals surface area contributed by atoms with Crippen LogP contribution >= 0.6 is 0 Å². The fourth-order valence-electron chi connectivity index (χ4n) is 1.51. The third-order valence-corrected chi connectivity index (χ3v) is 2.89. The van der Waals surface area contributed by atoms with Gasteiger partial charge in [0.1, 0.15) is 5.78 Å². The molecule has 0 radical (unpaired) electrons. The molecular formula is C14H20O. The molecule has 1 aromatic rings. The molecule has 82 valence electrons. The molecule has 1 aromatic carbocycles. The van der Waals surface area contributed by atoms with E-state index < -0.39 is 0 Å². The van der Waals surface area contributed by atoms with Crippen molar-refractivity contribution in [3.8, 4) is 0 Å². The third kappa shape index (κ3) is 2.92. The number of carbonyl (C=O) groups is 1. The summed E-state index contributed by atoms with van der Waals surface area (Å²) in [6.07, 6.45) is 0. The van der Waals surface area contributed by atoms with Gasteiger partial charge in [-0.1, -0.05) is 52.0 Å². The number of hydrogen-bond donors (Lipinski definition) is 0. The fourth-order valence-corrected chi connectivity index (χ4v) is 1.51. The van der Waals surface area contributed by atoms with Gasteiger partial charge in [-0.3, -0.25) is 4.79 Å². The molecule has 0 saturated carbocycles. The standard InChI is InChI=1S/C14H20O/c1-10(11(2)15)12-6-8-13(9-7-12)14(3,4)5/h6-10H,1-5H3. The highest BCUT2D eigenvalue weighted by atomic mass is 16.1. The minimum absolute atomic E-state index is 0.0130. The summed E-state index contributed by atoms with van der Waals surface area (Å²) < 4.78 is 0. The van der Waals surface area contributed by atoms with E-state index in [1.807, 2.05) is 6.92 Å². The summed E-state index contributed by atoms with van der Waals surface area (Å²) in [4.78, 5) is 11.2. The first-order valence-electron chi connectivity index (χ1n) is 5.43. The Kier molecular flexibility index (Phi) is 3.33. The lowest BCUT2D eigenvalue weighted by atomic mass is 9.85. The molecule has 0 fully saturated rings. The van der Waals surface area contributed by atoms with Crippen molar-refractivity contribution >= 4 is 5.78 Å². The van der Waals surface area contributed by atoms with Crippen LogP contribution in [0.15, 0.2) is 24.3 Å². The number of carbonyl (C=O) groups excluding carboxylic acids is 1. The van der Waals surface area contributed by atoms with Gasteiger partial charge in [0.25, 0.3) is 0 Å². The van der Waals surface area contributed by atoms with E-state index in [1.165, 1.54) is 5.56 Å². The van der Waals surface area contributed by atoms with E-state index >= 15 is 0 Å². The smallest absolute Gasteiger partial charge is 0.136 e. The van der Waals surface area contributed by atoms with E-state index in [9.17, 15) is 4.79 Å². The zero-order chi connectivity index (χ0) is 11.6. The molecule has 15 heavy (non-hydrogen) atoms. The monoisotopic (exact) mass is 204 g/mol. The van der Waals surface area contributed by atoms with E-state index in [2.05, 4.69) is 45.0 Å². The molecule has 1 rings (SSSR count). The first-order valence-corrected chi connectivity index (χ1v) is 5.43. The summed E-state index contributed by atoms with van der Waals surface area (Å²) >= 11 is 0. The maximum absolute atomic E-state index is 11.2. The van der Waals surface area contributed by atoms with Crippen molar-refractivity contribution in [2.24, 2.45) is 0 Å². The molecule has 0 spiro atoms. The molecule has 1 atom stereocenters. The molecule has 0 aromatic heterocycles. The molecular weight excluding hydrogens is 184 g/mol. The molecule has 1 unspecified atom stereocenters.